The molecule has 0 aromatic rings. The summed E-state index contributed by atoms with van der Waals surface area (Å²) in [5.41, 5.74) is 4.84. The van der Waals surface area contributed by atoms with Crippen molar-refractivity contribution in [1.29, 1.82) is 0 Å². The van der Waals surface area contributed by atoms with Crippen LogP contribution in [-0.2, 0) is 19.7 Å². The Morgan fingerprint density at radius 3 is 2.48 bits per heavy atom. The van der Waals surface area contributed by atoms with E-state index in [2.05, 4.69) is 0 Å². The van der Waals surface area contributed by atoms with Gasteiger partial charge < -0.3 is 10.5 Å². The van der Waals surface area contributed by atoms with E-state index in [-0.39, 0.29) is 31.6 Å². The van der Waals surface area contributed by atoms with Crippen molar-refractivity contribution >= 4 is 16.2 Å². The molecule has 3 N–H and O–H groups in total. The molecular formula is C11H21F2N3O4S. The fourth-order valence-electron chi connectivity index (χ4n) is 1.95. The van der Waals surface area contributed by atoms with Gasteiger partial charge in [0.15, 0.2) is 0 Å². The molecule has 1 aliphatic heterocycles. The summed E-state index contributed by atoms with van der Waals surface area (Å²) in [6.45, 7) is 0.177. The lowest BCUT2D eigenvalue weighted by Crippen LogP contribution is -2.50. The van der Waals surface area contributed by atoms with Gasteiger partial charge in [0.25, 0.3) is 16.1 Å². The maximum Gasteiger partial charge on any atom is 0.309 e. The number of halogens is 2. The highest BCUT2D eigenvalue weighted by molar-refractivity contribution is 7.87. The smallest absolute Gasteiger partial charge is 0.309 e. The quantitative estimate of drug-likeness (QED) is 0.624. The third-order valence-corrected chi connectivity index (χ3v) is 4.78. The number of hydrogen-bond acceptors (Lipinski definition) is 5. The first-order valence-corrected chi connectivity index (χ1v) is 8.15. The number of carbonyl (C=O) groups is 1. The number of rotatable bonds is 7. The molecule has 0 aliphatic carbocycles. The number of esters is 1. The van der Waals surface area contributed by atoms with Gasteiger partial charge in [-0.05, 0) is 19.8 Å². The molecule has 0 radical (unpaired) electrons. The average molecular weight is 329 g/mol. The van der Waals surface area contributed by atoms with Crippen molar-refractivity contribution in [2.24, 2.45) is 11.7 Å². The van der Waals surface area contributed by atoms with Gasteiger partial charge in [0.2, 0.25) is 0 Å². The van der Waals surface area contributed by atoms with E-state index < -0.39 is 29.2 Å². The molecule has 0 bridgehead atoms. The predicted molar refractivity (Wildman–Crippen MR) is 71.9 cm³/mol. The second-order valence-electron chi connectivity index (χ2n) is 4.81. The molecule has 0 atom stereocenters. The summed E-state index contributed by atoms with van der Waals surface area (Å²) in [6, 6.07) is 0. The Bertz CT molecular complexity index is 450. The van der Waals surface area contributed by atoms with Gasteiger partial charge in [-0.15, -0.1) is 0 Å². The summed E-state index contributed by atoms with van der Waals surface area (Å²) in [7, 11) is -3.99. The second kappa shape index (κ2) is 7.43. The third kappa shape index (κ3) is 5.46. The first kappa shape index (κ1) is 18.2. The van der Waals surface area contributed by atoms with Crippen LogP contribution in [0.5, 0.6) is 0 Å². The van der Waals surface area contributed by atoms with E-state index in [0.29, 0.717) is 12.8 Å². The van der Waals surface area contributed by atoms with Crippen LogP contribution in [-0.4, -0.2) is 57.4 Å². The zero-order chi connectivity index (χ0) is 16.1. The molecule has 1 heterocycles. The Balaban J connectivity index is 2.51. The van der Waals surface area contributed by atoms with E-state index in [9.17, 15) is 22.0 Å². The Labute approximate surface area is 123 Å². The molecule has 124 valence electrons. The largest absolute Gasteiger partial charge is 0.466 e. The number of hydrogen-bond donors (Lipinski definition) is 2. The van der Waals surface area contributed by atoms with Gasteiger partial charge in [-0.3, -0.25) is 4.79 Å². The fourth-order valence-corrected chi connectivity index (χ4v) is 3.22. The van der Waals surface area contributed by atoms with E-state index in [1.54, 1.807) is 6.92 Å². The van der Waals surface area contributed by atoms with Gasteiger partial charge in [-0.25, -0.2) is 8.78 Å². The summed E-state index contributed by atoms with van der Waals surface area (Å²) < 4.78 is 57.5. The molecule has 10 heteroatoms. The highest BCUT2D eigenvalue weighted by Gasteiger charge is 2.34. The fraction of sp³-hybridized carbons (Fsp3) is 0.909. The number of carbonyl (C=O) groups excluding carboxylic acids is 1. The van der Waals surface area contributed by atoms with Gasteiger partial charge in [-0.2, -0.15) is 17.4 Å². The number of ether oxygens (including phenoxy) is 1. The SMILES string of the molecule is CCOC(=O)C1CCN(S(=O)(=O)NCC(F)(F)CN)CC1. The standard InChI is InChI=1S/C11H21F2N3O4S/c1-2-20-10(17)9-3-5-16(6-4-9)21(18,19)15-8-11(12,13)7-14/h9,15H,2-8,14H2,1H3. The maximum absolute atomic E-state index is 13.0. The van der Waals surface area contributed by atoms with Crippen LogP contribution in [0.15, 0.2) is 0 Å². The number of alkyl halides is 2. The topological polar surface area (TPSA) is 102 Å². The number of nitrogens with two attached hydrogens (primary N) is 1. The lowest BCUT2D eigenvalue weighted by Gasteiger charge is -2.30. The lowest BCUT2D eigenvalue weighted by atomic mass is 9.98. The number of nitrogens with zero attached hydrogens (tertiary/aromatic N) is 1. The molecule has 7 nitrogen and oxygen atoms in total. The molecule has 1 fully saturated rings. The van der Waals surface area contributed by atoms with E-state index in [1.807, 2.05) is 4.72 Å². The van der Waals surface area contributed by atoms with Gasteiger partial charge in [0, 0.05) is 13.1 Å². The van der Waals surface area contributed by atoms with Crippen LogP contribution in [0.25, 0.3) is 0 Å². The molecule has 0 aromatic heterocycles. The maximum atomic E-state index is 13.0. The van der Waals surface area contributed by atoms with Crippen LogP contribution in [0, 0.1) is 5.92 Å². The highest BCUT2D eigenvalue weighted by Crippen LogP contribution is 2.20. The average Bonchev–Trinajstić information content (AvgIpc) is 2.46. The first-order chi connectivity index (χ1) is 9.72. The lowest BCUT2D eigenvalue weighted by molar-refractivity contribution is -0.149. The van der Waals surface area contributed by atoms with Crippen LogP contribution < -0.4 is 10.5 Å². The minimum atomic E-state index is -3.99. The molecule has 0 saturated carbocycles. The van der Waals surface area contributed by atoms with Gasteiger partial charge in [-0.1, -0.05) is 0 Å². The van der Waals surface area contributed by atoms with E-state index in [1.165, 1.54) is 0 Å². The van der Waals surface area contributed by atoms with Crippen LogP contribution in [0.2, 0.25) is 0 Å². The second-order valence-corrected chi connectivity index (χ2v) is 6.57. The molecular weight excluding hydrogens is 308 g/mol. The van der Waals surface area contributed by atoms with Gasteiger partial charge in [0.1, 0.15) is 0 Å². The molecule has 1 saturated heterocycles. The molecule has 1 rings (SSSR count). The van der Waals surface area contributed by atoms with Crippen molar-refractivity contribution in [3.63, 3.8) is 0 Å². The molecule has 0 amide bonds. The Hall–Kier alpha value is -0.840. The van der Waals surface area contributed by atoms with Crippen molar-refractivity contribution in [2.75, 3.05) is 32.8 Å². The van der Waals surface area contributed by atoms with Gasteiger partial charge in [0.05, 0.1) is 25.6 Å². The minimum Gasteiger partial charge on any atom is -0.466 e. The van der Waals surface area contributed by atoms with Crippen molar-refractivity contribution in [2.45, 2.75) is 25.7 Å². The minimum absolute atomic E-state index is 0.0903. The zero-order valence-electron chi connectivity index (χ0n) is 11.8. The van der Waals surface area contributed by atoms with Crippen LogP contribution in [0.1, 0.15) is 19.8 Å². The summed E-state index contributed by atoms with van der Waals surface area (Å²) in [5.74, 6) is -3.98. The third-order valence-electron chi connectivity index (χ3n) is 3.23. The first-order valence-electron chi connectivity index (χ1n) is 6.71. The van der Waals surface area contributed by atoms with Gasteiger partial charge >= 0.3 is 5.97 Å². The monoisotopic (exact) mass is 329 g/mol. The van der Waals surface area contributed by atoms with Crippen LogP contribution in [0.3, 0.4) is 0 Å². The van der Waals surface area contributed by atoms with Crippen LogP contribution in [0.4, 0.5) is 8.78 Å². The van der Waals surface area contributed by atoms with Crippen molar-refractivity contribution < 1.29 is 26.7 Å². The molecule has 21 heavy (non-hydrogen) atoms. The Morgan fingerprint density at radius 2 is 2.00 bits per heavy atom. The van der Waals surface area contributed by atoms with Crippen molar-refractivity contribution in [3.8, 4) is 0 Å². The van der Waals surface area contributed by atoms with Crippen molar-refractivity contribution in [1.82, 2.24) is 9.03 Å². The van der Waals surface area contributed by atoms with E-state index in [4.69, 9.17) is 10.5 Å². The number of nitrogens with one attached hydrogen (secondary N) is 1. The molecule has 0 aromatic carbocycles. The summed E-state index contributed by atoms with van der Waals surface area (Å²) in [4.78, 5) is 11.5. The normalized spacial score (nSPS) is 18.7. The summed E-state index contributed by atoms with van der Waals surface area (Å²) in [6.07, 6.45) is 0.625. The summed E-state index contributed by atoms with van der Waals surface area (Å²) in [5, 5.41) is 0. The Morgan fingerprint density at radius 1 is 1.43 bits per heavy atom. The van der Waals surface area contributed by atoms with E-state index >= 15 is 0 Å². The van der Waals surface area contributed by atoms with Crippen molar-refractivity contribution in [3.05, 3.63) is 0 Å². The zero-order valence-corrected chi connectivity index (χ0v) is 12.7. The summed E-state index contributed by atoms with van der Waals surface area (Å²) >= 11 is 0. The predicted octanol–water partition coefficient (Wildman–Crippen LogP) is -0.310. The Kier molecular flexibility index (Phi) is 6.44. The van der Waals surface area contributed by atoms with Crippen LogP contribution >= 0.6 is 0 Å². The molecule has 0 unspecified atom stereocenters. The molecule has 0 spiro atoms. The van der Waals surface area contributed by atoms with E-state index in [0.717, 1.165) is 4.31 Å². The number of piperidine rings is 1. The molecule has 1 aliphatic rings. The highest BCUT2D eigenvalue weighted by atomic mass is 32.2.